The van der Waals surface area contributed by atoms with E-state index in [4.69, 9.17) is 4.74 Å². The predicted octanol–water partition coefficient (Wildman–Crippen LogP) is 3.06. The number of ether oxygens (including phenoxy) is 1. The van der Waals surface area contributed by atoms with Gasteiger partial charge >= 0.3 is 0 Å². The summed E-state index contributed by atoms with van der Waals surface area (Å²) in [4.78, 5) is 30.3. The number of rotatable bonds is 5. The molecule has 0 saturated carbocycles. The molecule has 0 bridgehead atoms. The molecule has 0 fully saturated rings. The monoisotopic (exact) mass is 440 g/mol. The fraction of sp³-hybridized carbons (Fsp3) is 0.150. The quantitative estimate of drug-likeness (QED) is 0.661. The molecule has 1 N–H and O–H groups in total. The Morgan fingerprint density at radius 2 is 2.14 bits per heavy atom. The second-order valence-corrected chi connectivity index (χ2v) is 7.28. The van der Waals surface area contributed by atoms with Crippen LogP contribution in [-0.2, 0) is 16.1 Å². The van der Waals surface area contributed by atoms with E-state index in [9.17, 15) is 9.59 Å². The Balaban J connectivity index is 1.46. The topological polar surface area (TPSA) is 76.5 Å². The first-order valence-corrected chi connectivity index (χ1v) is 9.45. The number of hydrogen-bond acceptors (Lipinski definition) is 4. The van der Waals surface area contributed by atoms with E-state index >= 15 is 0 Å². The molecule has 142 valence electrons. The average Bonchev–Trinajstić information content (AvgIpc) is 3.17. The maximum absolute atomic E-state index is 12.6. The Morgan fingerprint density at radius 3 is 2.96 bits per heavy atom. The van der Waals surface area contributed by atoms with Crippen LogP contribution in [0.2, 0.25) is 0 Å². The van der Waals surface area contributed by atoms with Gasteiger partial charge in [0.25, 0.3) is 5.91 Å². The van der Waals surface area contributed by atoms with E-state index in [0.29, 0.717) is 23.7 Å². The van der Waals surface area contributed by atoms with E-state index in [1.807, 2.05) is 41.1 Å². The number of hydrogen-bond donors (Lipinski definition) is 1. The van der Waals surface area contributed by atoms with Gasteiger partial charge in [-0.15, -0.1) is 0 Å². The van der Waals surface area contributed by atoms with Crippen molar-refractivity contribution in [1.82, 2.24) is 9.55 Å². The molecule has 0 aliphatic carbocycles. The molecule has 0 radical (unpaired) electrons. The van der Waals surface area contributed by atoms with Gasteiger partial charge in [-0.3, -0.25) is 14.5 Å². The summed E-state index contributed by atoms with van der Waals surface area (Å²) in [6.45, 7) is 0.494. The standard InChI is InChI=1S/C20H17BrN4O3/c21-15-4-5-17-18(9-15)28-12-20(27)25(17)11-19(26)23-16-3-1-2-14(8-16)10-24-7-6-22-13-24/h1-9,13H,10-12H2,(H,23,26). The Kier molecular flexibility index (Phi) is 5.12. The molecule has 2 heterocycles. The van der Waals surface area contributed by atoms with Crippen LogP contribution in [-0.4, -0.2) is 34.5 Å². The van der Waals surface area contributed by atoms with E-state index < -0.39 is 0 Å². The highest BCUT2D eigenvalue weighted by Gasteiger charge is 2.27. The summed E-state index contributed by atoms with van der Waals surface area (Å²) in [5, 5.41) is 2.86. The van der Waals surface area contributed by atoms with Crippen LogP contribution in [0.4, 0.5) is 11.4 Å². The van der Waals surface area contributed by atoms with Crippen molar-refractivity contribution in [2.75, 3.05) is 23.4 Å². The Morgan fingerprint density at radius 1 is 1.25 bits per heavy atom. The molecule has 0 saturated heterocycles. The van der Waals surface area contributed by atoms with Gasteiger partial charge in [-0.1, -0.05) is 28.1 Å². The van der Waals surface area contributed by atoms with Gasteiger partial charge in [0.2, 0.25) is 5.91 Å². The van der Waals surface area contributed by atoms with Crippen LogP contribution in [0.15, 0.2) is 65.7 Å². The van der Waals surface area contributed by atoms with Crippen molar-refractivity contribution in [3.63, 3.8) is 0 Å². The minimum Gasteiger partial charge on any atom is -0.482 e. The van der Waals surface area contributed by atoms with Gasteiger partial charge in [-0.2, -0.15) is 0 Å². The Bertz CT molecular complexity index is 1020. The van der Waals surface area contributed by atoms with Crippen molar-refractivity contribution >= 4 is 39.1 Å². The molecule has 2 aromatic carbocycles. The highest BCUT2D eigenvalue weighted by molar-refractivity contribution is 9.10. The summed E-state index contributed by atoms with van der Waals surface area (Å²) < 4.78 is 8.25. The average molecular weight is 441 g/mol. The molecule has 0 unspecified atom stereocenters. The number of nitrogens with one attached hydrogen (secondary N) is 1. The molecular weight excluding hydrogens is 424 g/mol. The maximum atomic E-state index is 12.6. The number of benzene rings is 2. The summed E-state index contributed by atoms with van der Waals surface area (Å²) in [7, 11) is 0. The molecule has 1 aliphatic rings. The molecule has 1 aromatic heterocycles. The van der Waals surface area contributed by atoms with Crippen molar-refractivity contribution in [2.45, 2.75) is 6.54 Å². The van der Waals surface area contributed by atoms with Crippen LogP contribution in [0.25, 0.3) is 0 Å². The van der Waals surface area contributed by atoms with Crippen LogP contribution >= 0.6 is 15.9 Å². The summed E-state index contributed by atoms with van der Waals surface area (Å²) in [5.41, 5.74) is 2.30. The number of aromatic nitrogens is 2. The smallest absolute Gasteiger partial charge is 0.265 e. The SMILES string of the molecule is O=C(CN1C(=O)COc2cc(Br)ccc21)Nc1cccc(Cn2ccnc2)c1. The fourth-order valence-electron chi connectivity index (χ4n) is 3.03. The van der Waals surface area contributed by atoms with E-state index in [-0.39, 0.29) is 25.0 Å². The lowest BCUT2D eigenvalue weighted by Crippen LogP contribution is -2.43. The van der Waals surface area contributed by atoms with Crippen LogP contribution < -0.4 is 15.0 Å². The van der Waals surface area contributed by atoms with Gasteiger partial charge in [0, 0.05) is 29.1 Å². The number of nitrogens with zero attached hydrogens (tertiary/aromatic N) is 3. The summed E-state index contributed by atoms with van der Waals surface area (Å²) >= 11 is 3.38. The number of fused-ring (bicyclic) bond motifs is 1. The molecule has 0 atom stereocenters. The zero-order valence-electron chi connectivity index (χ0n) is 14.8. The van der Waals surface area contributed by atoms with Crippen molar-refractivity contribution < 1.29 is 14.3 Å². The van der Waals surface area contributed by atoms with Crippen LogP contribution in [0, 0.1) is 0 Å². The third-order valence-corrected chi connectivity index (χ3v) is 4.79. The highest BCUT2D eigenvalue weighted by Crippen LogP contribution is 2.34. The largest absolute Gasteiger partial charge is 0.482 e. The molecule has 4 rings (SSSR count). The third-order valence-electron chi connectivity index (χ3n) is 4.30. The van der Waals surface area contributed by atoms with Crippen LogP contribution in [0.1, 0.15) is 5.56 Å². The van der Waals surface area contributed by atoms with E-state index in [0.717, 1.165) is 10.0 Å². The summed E-state index contributed by atoms with van der Waals surface area (Å²) in [6.07, 6.45) is 5.34. The second-order valence-electron chi connectivity index (χ2n) is 6.36. The molecule has 2 amide bonds. The zero-order valence-corrected chi connectivity index (χ0v) is 16.4. The lowest BCUT2D eigenvalue weighted by molar-refractivity contribution is -0.123. The number of halogens is 1. The summed E-state index contributed by atoms with van der Waals surface area (Å²) in [5.74, 6) is 0.0480. The van der Waals surface area contributed by atoms with Crippen LogP contribution in [0.5, 0.6) is 5.75 Å². The van der Waals surface area contributed by atoms with Crippen LogP contribution in [0.3, 0.4) is 0 Å². The zero-order chi connectivity index (χ0) is 19.5. The van der Waals surface area contributed by atoms with Crippen molar-refractivity contribution in [3.8, 4) is 5.75 Å². The van der Waals surface area contributed by atoms with Gasteiger partial charge in [0.15, 0.2) is 6.61 Å². The minimum absolute atomic E-state index is 0.0808. The number of amides is 2. The first-order chi connectivity index (χ1) is 13.6. The number of carbonyl (C=O) groups is 2. The van der Waals surface area contributed by atoms with Gasteiger partial charge in [-0.25, -0.2) is 4.98 Å². The van der Waals surface area contributed by atoms with E-state index in [1.165, 1.54) is 4.90 Å². The minimum atomic E-state index is -0.274. The van der Waals surface area contributed by atoms with E-state index in [1.54, 1.807) is 24.7 Å². The molecular formula is C20H17BrN4O3. The van der Waals surface area contributed by atoms with Gasteiger partial charge < -0.3 is 14.6 Å². The van der Waals surface area contributed by atoms with E-state index in [2.05, 4.69) is 26.2 Å². The molecule has 28 heavy (non-hydrogen) atoms. The first kappa shape index (κ1) is 18.2. The number of imidazole rings is 1. The highest BCUT2D eigenvalue weighted by atomic mass is 79.9. The van der Waals surface area contributed by atoms with Gasteiger partial charge in [0.1, 0.15) is 12.3 Å². The van der Waals surface area contributed by atoms with Crippen molar-refractivity contribution in [1.29, 1.82) is 0 Å². The molecule has 7 nitrogen and oxygen atoms in total. The Hall–Kier alpha value is -3.13. The number of anilines is 2. The first-order valence-electron chi connectivity index (χ1n) is 8.66. The predicted molar refractivity (Wildman–Crippen MR) is 108 cm³/mol. The Labute approximate surface area is 170 Å². The van der Waals surface area contributed by atoms with Crippen molar-refractivity contribution in [2.24, 2.45) is 0 Å². The summed E-state index contributed by atoms with van der Waals surface area (Å²) in [6, 6.07) is 12.9. The van der Waals surface area contributed by atoms with Crippen molar-refractivity contribution in [3.05, 3.63) is 71.2 Å². The lowest BCUT2D eigenvalue weighted by atomic mass is 10.2. The second kappa shape index (κ2) is 7.85. The molecule has 3 aromatic rings. The van der Waals surface area contributed by atoms with Gasteiger partial charge in [0.05, 0.1) is 12.0 Å². The fourth-order valence-corrected chi connectivity index (χ4v) is 3.37. The number of carbonyl (C=O) groups excluding carboxylic acids is 2. The molecule has 0 spiro atoms. The normalized spacial score (nSPS) is 13.0. The molecule has 8 heteroatoms. The third kappa shape index (κ3) is 4.07. The lowest BCUT2D eigenvalue weighted by Gasteiger charge is -2.29. The molecule has 1 aliphatic heterocycles. The van der Waals surface area contributed by atoms with Gasteiger partial charge in [-0.05, 0) is 35.9 Å². The maximum Gasteiger partial charge on any atom is 0.265 e.